The normalized spacial score (nSPS) is 17.9. The molecule has 3 aromatic carbocycles. The molecule has 3 aromatic rings. The molecule has 4 heteroatoms. The van der Waals surface area contributed by atoms with Crippen LogP contribution in [0.15, 0.2) is 78.9 Å². The largest absolute Gasteiger partial charge is 0.296 e. The minimum atomic E-state index is -0.373. The van der Waals surface area contributed by atoms with Crippen LogP contribution in [0.25, 0.3) is 0 Å². The Morgan fingerprint density at radius 3 is 2.13 bits per heavy atom. The summed E-state index contributed by atoms with van der Waals surface area (Å²) >= 11 is 0. The quantitative estimate of drug-likeness (QED) is 0.526. The predicted octanol–water partition coefficient (Wildman–Crippen LogP) is 5.28. The topological polar surface area (TPSA) is 6.48 Å². The lowest BCUT2D eigenvalue weighted by Crippen LogP contribution is -2.52. The molecule has 0 amide bonds. The van der Waals surface area contributed by atoms with Crippen LogP contribution in [-0.4, -0.2) is 35.5 Å². The first kappa shape index (κ1) is 20.7. The van der Waals surface area contributed by atoms with E-state index in [4.69, 9.17) is 0 Å². The van der Waals surface area contributed by atoms with E-state index in [1.165, 1.54) is 29.3 Å². The first-order valence-corrected chi connectivity index (χ1v) is 10.7. The molecule has 1 saturated heterocycles. The molecule has 30 heavy (non-hydrogen) atoms. The first-order valence-electron chi connectivity index (χ1n) is 10.7. The van der Waals surface area contributed by atoms with E-state index in [0.717, 1.165) is 39.1 Å². The fourth-order valence-electron chi connectivity index (χ4n) is 4.30. The summed E-state index contributed by atoms with van der Waals surface area (Å²) in [7, 11) is 0. The zero-order chi connectivity index (χ0) is 20.8. The lowest BCUT2D eigenvalue weighted by Gasteiger charge is -2.42. The Kier molecular flexibility index (Phi) is 6.88. The van der Waals surface area contributed by atoms with Gasteiger partial charge in [0.2, 0.25) is 0 Å². The summed E-state index contributed by atoms with van der Waals surface area (Å²) in [6, 6.07) is 25.0. The van der Waals surface area contributed by atoms with Gasteiger partial charge in [0.05, 0.1) is 0 Å². The predicted molar refractivity (Wildman–Crippen MR) is 117 cm³/mol. The van der Waals surface area contributed by atoms with Gasteiger partial charge in [-0.1, -0.05) is 60.7 Å². The van der Waals surface area contributed by atoms with E-state index in [1.54, 1.807) is 0 Å². The zero-order valence-corrected chi connectivity index (χ0v) is 17.2. The van der Waals surface area contributed by atoms with Crippen LogP contribution in [0.4, 0.5) is 8.78 Å². The van der Waals surface area contributed by atoms with Crippen LogP contribution < -0.4 is 0 Å². The van der Waals surface area contributed by atoms with Crippen LogP contribution in [0.3, 0.4) is 0 Å². The van der Waals surface area contributed by atoms with E-state index < -0.39 is 0 Å². The highest BCUT2D eigenvalue weighted by Gasteiger charge is 2.27. The maximum Gasteiger partial charge on any atom is 0.126 e. The number of piperazine rings is 1. The summed E-state index contributed by atoms with van der Waals surface area (Å²) in [6.07, 6.45) is 1.34. The van der Waals surface area contributed by atoms with Crippen molar-refractivity contribution >= 4 is 0 Å². The average molecular weight is 407 g/mol. The van der Waals surface area contributed by atoms with Crippen molar-refractivity contribution in [2.24, 2.45) is 0 Å². The fraction of sp³-hybridized carbons (Fsp3) is 0.308. The van der Waals surface area contributed by atoms with Gasteiger partial charge in [-0.05, 0) is 47.7 Å². The second-order valence-electron chi connectivity index (χ2n) is 8.11. The minimum absolute atomic E-state index is 0.297. The SMILES string of the molecule is Fc1ccc(F)c(CC[C@H]2CN(Cc3ccccc3)CCN2Cc2ccccc2)c1. The summed E-state index contributed by atoms with van der Waals surface area (Å²) in [5.74, 6) is -0.690. The van der Waals surface area contributed by atoms with Gasteiger partial charge in [0, 0.05) is 38.8 Å². The van der Waals surface area contributed by atoms with Crippen LogP contribution in [0.5, 0.6) is 0 Å². The fourth-order valence-corrected chi connectivity index (χ4v) is 4.30. The number of hydrogen-bond acceptors (Lipinski definition) is 2. The number of halogens is 2. The van der Waals surface area contributed by atoms with E-state index >= 15 is 0 Å². The molecule has 1 aliphatic rings. The van der Waals surface area contributed by atoms with Crippen molar-refractivity contribution in [3.63, 3.8) is 0 Å². The molecule has 0 unspecified atom stereocenters. The Morgan fingerprint density at radius 2 is 1.43 bits per heavy atom. The van der Waals surface area contributed by atoms with Crippen LogP contribution in [0.1, 0.15) is 23.1 Å². The lowest BCUT2D eigenvalue weighted by atomic mass is 10.00. The van der Waals surface area contributed by atoms with E-state index in [9.17, 15) is 8.78 Å². The standard InChI is InChI=1S/C26H28F2N2/c27-24-12-14-26(28)23(17-24)11-13-25-20-29(18-21-7-3-1-4-8-21)15-16-30(25)19-22-9-5-2-6-10-22/h1-10,12,14,17,25H,11,13,15-16,18-20H2/t25-/m0/s1. The van der Waals surface area contributed by atoms with Crippen molar-refractivity contribution in [1.29, 1.82) is 0 Å². The Morgan fingerprint density at radius 1 is 0.767 bits per heavy atom. The highest BCUT2D eigenvalue weighted by Crippen LogP contribution is 2.21. The number of nitrogens with zero attached hydrogens (tertiary/aromatic N) is 2. The Balaban J connectivity index is 1.46. The molecule has 1 fully saturated rings. The van der Waals surface area contributed by atoms with Crippen molar-refractivity contribution < 1.29 is 8.78 Å². The summed E-state index contributed by atoms with van der Waals surface area (Å²) in [5, 5.41) is 0. The second-order valence-corrected chi connectivity index (χ2v) is 8.11. The monoisotopic (exact) mass is 406 g/mol. The molecular weight excluding hydrogens is 378 g/mol. The molecule has 1 aliphatic heterocycles. The van der Waals surface area contributed by atoms with Gasteiger partial charge < -0.3 is 0 Å². The Hall–Kier alpha value is -2.56. The third kappa shape index (κ3) is 5.53. The zero-order valence-electron chi connectivity index (χ0n) is 17.2. The van der Waals surface area contributed by atoms with Crippen LogP contribution >= 0.6 is 0 Å². The minimum Gasteiger partial charge on any atom is -0.296 e. The molecule has 0 saturated carbocycles. The van der Waals surface area contributed by atoms with Crippen LogP contribution in [0.2, 0.25) is 0 Å². The van der Waals surface area contributed by atoms with Crippen LogP contribution in [-0.2, 0) is 19.5 Å². The maximum atomic E-state index is 14.1. The number of rotatable bonds is 7. The van der Waals surface area contributed by atoms with Gasteiger partial charge in [0.1, 0.15) is 11.6 Å². The van der Waals surface area contributed by atoms with E-state index in [-0.39, 0.29) is 11.6 Å². The van der Waals surface area contributed by atoms with E-state index in [0.29, 0.717) is 18.0 Å². The molecular formula is C26H28F2N2. The van der Waals surface area contributed by atoms with E-state index in [2.05, 4.69) is 58.3 Å². The molecule has 0 radical (unpaired) electrons. The third-order valence-electron chi connectivity index (χ3n) is 5.92. The molecule has 0 aliphatic carbocycles. The van der Waals surface area contributed by atoms with Gasteiger partial charge in [-0.3, -0.25) is 9.80 Å². The number of aryl methyl sites for hydroxylation is 1. The average Bonchev–Trinajstić information content (AvgIpc) is 2.77. The highest BCUT2D eigenvalue weighted by molar-refractivity contribution is 5.20. The molecule has 0 bridgehead atoms. The summed E-state index contributed by atoms with van der Waals surface area (Å²) < 4.78 is 27.7. The molecule has 1 atom stereocenters. The van der Waals surface area contributed by atoms with Crippen molar-refractivity contribution in [2.75, 3.05) is 19.6 Å². The van der Waals surface area contributed by atoms with Crippen molar-refractivity contribution in [3.8, 4) is 0 Å². The summed E-state index contributed by atoms with van der Waals surface area (Å²) in [4.78, 5) is 4.97. The van der Waals surface area contributed by atoms with Gasteiger partial charge in [-0.2, -0.15) is 0 Å². The molecule has 4 rings (SSSR count). The van der Waals surface area contributed by atoms with Gasteiger partial charge in [0.15, 0.2) is 0 Å². The van der Waals surface area contributed by atoms with Crippen molar-refractivity contribution in [3.05, 3.63) is 107 Å². The summed E-state index contributed by atoms with van der Waals surface area (Å²) in [6.45, 7) is 4.71. The maximum absolute atomic E-state index is 14.1. The van der Waals surface area contributed by atoms with E-state index in [1.807, 2.05) is 12.1 Å². The van der Waals surface area contributed by atoms with Gasteiger partial charge in [0.25, 0.3) is 0 Å². The van der Waals surface area contributed by atoms with Crippen molar-refractivity contribution in [2.45, 2.75) is 32.0 Å². The smallest absolute Gasteiger partial charge is 0.126 e. The number of benzene rings is 3. The third-order valence-corrected chi connectivity index (χ3v) is 5.92. The highest BCUT2D eigenvalue weighted by atomic mass is 19.1. The summed E-state index contributed by atoms with van der Waals surface area (Å²) in [5.41, 5.74) is 3.06. The molecule has 1 heterocycles. The molecule has 2 nitrogen and oxygen atoms in total. The van der Waals surface area contributed by atoms with Gasteiger partial charge >= 0.3 is 0 Å². The van der Waals surface area contributed by atoms with Crippen molar-refractivity contribution in [1.82, 2.24) is 9.80 Å². The number of hydrogen-bond donors (Lipinski definition) is 0. The Labute approximate surface area is 177 Å². The molecule has 0 aromatic heterocycles. The molecule has 0 spiro atoms. The lowest BCUT2D eigenvalue weighted by molar-refractivity contribution is 0.0596. The van der Waals surface area contributed by atoms with Gasteiger partial charge in [-0.25, -0.2) is 8.78 Å². The molecule has 0 N–H and O–H groups in total. The first-order chi connectivity index (χ1) is 14.7. The second kappa shape index (κ2) is 9.96. The molecule has 156 valence electrons. The Bertz CT molecular complexity index is 930. The van der Waals surface area contributed by atoms with Crippen LogP contribution in [0, 0.1) is 11.6 Å². The van der Waals surface area contributed by atoms with Gasteiger partial charge in [-0.15, -0.1) is 0 Å².